The molecule has 0 saturated carbocycles. The maximum atomic E-state index is 11.0. The summed E-state index contributed by atoms with van der Waals surface area (Å²) < 4.78 is 5.44. The Kier molecular flexibility index (Phi) is 4.74. The summed E-state index contributed by atoms with van der Waals surface area (Å²) in [4.78, 5) is 23.5. The van der Waals surface area contributed by atoms with Gasteiger partial charge in [-0.25, -0.2) is 0 Å². The Morgan fingerprint density at radius 3 is 2.95 bits per heavy atom. The van der Waals surface area contributed by atoms with Crippen LogP contribution in [0.4, 0.5) is 11.4 Å². The Morgan fingerprint density at radius 1 is 1.57 bits per heavy atom. The van der Waals surface area contributed by atoms with E-state index in [1.165, 1.54) is 6.07 Å². The first kappa shape index (κ1) is 15.2. The molecule has 1 aromatic rings. The van der Waals surface area contributed by atoms with E-state index >= 15 is 0 Å². The maximum absolute atomic E-state index is 11.0. The number of nitrogens with zero attached hydrogens (tertiary/aromatic N) is 2. The van der Waals surface area contributed by atoms with Crippen LogP contribution in [0.3, 0.4) is 0 Å². The van der Waals surface area contributed by atoms with Gasteiger partial charge in [0.25, 0.3) is 5.69 Å². The SMILES string of the molecule is CC[C@H]1COCCN1c1ccc([N+](=O)[O-])c(CC(=O)O)c1. The lowest BCUT2D eigenvalue weighted by Crippen LogP contribution is -2.45. The normalized spacial score (nSPS) is 18.5. The summed E-state index contributed by atoms with van der Waals surface area (Å²) in [5.74, 6) is -1.08. The van der Waals surface area contributed by atoms with Gasteiger partial charge in [0.1, 0.15) is 0 Å². The van der Waals surface area contributed by atoms with Gasteiger partial charge in [0, 0.05) is 23.9 Å². The Balaban J connectivity index is 2.35. The molecule has 0 aliphatic carbocycles. The van der Waals surface area contributed by atoms with Crippen molar-refractivity contribution >= 4 is 17.3 Å². The molecular weight excluding hydrogens is 276 g/mol. The molecule has 1 aromatic carbocycles. The standard InChI is InChI=1S/C14H18N2O5/c1-2-11-9-21-6-5-15(11)12-3-4-13(16(19)20)10(7-12)8-14(17)18/h3-4,7,11H,2,5-6,8-9H2,1H3,(H,17,18)/t11-/m0/s1. The molecule has 1 aliphatic heterocycles. The minimum absolute atomic E-state index is 0.151. The fraction of sp³-hybridized carbons (Fsp3) is 0.500. The van der Waals surface area contributed by atoms with Crippen molar-refractivity contribution in [2.75, 3.05) is 24.7 Å². The van der Waals surface area contributed by atoms with E-state index in [4.69, 9.17) is 9.84 Å². The van der Waals surface area contributed by atoms with Gasteiger partial charge in [-0.2, -0.15) is 0 Å². The monoisotopic (exact) mass is 294 g/mol. The van der Waals surface area contributed by atoms with Gasteiger partial charge in [-0.1, -0.05) is 6.92 Å². The van der Waals surface area contributed by atoms with Crippen LogP contribution in [0.15, 0.2) is 18.2 Å². The molecule has 1 N–H and O–H groups in total. The average molecular weight is 294 g/mol. The quantitative estimate of drug-likeness (QED) is 0.658. The summed E-state index contributed by atoms with van der Waals surface area (Å²) in [7, 11) is 0. The van der Waals surface area contributed by atoms with Crippen LogP contribution in [0.5, 0.6) is 0 Å². The van der Waals surface area contributed by atoms with Crippen LogP contribution in [-0.4, -0.2) is 41.8 Å². The van der Waals surface area contributed by atoms with Crippen molar-refractivity contribution in [3.63, 3.8) is 0 Å². The van der Waals surface area contributed by atoms with Gasteiger partial charge >= 0.3 is 5.97 Å². The zero-order valence-electron chi connectivity index (χ0n) is 11.8. The van der Waals surface area contributed by atoms with Crippen molar-refractivity contribution in [3.05, 3.63) is 33.9 Å². The molecule has 1 fully saturated rings. The van der Waals surface area contributed by atoms with E-state index in [1.807, 2.05) is 0 Å². The van der Waals surface area contributed by atoms with Gasteiger partial charge in [-0.05, 0) is 18.6 Å². The Morgan fingerprint density at radius 2 is 2.33 bits per heavy atom. The van der Waals surface area contributed by atoms with Crippen molar-refractivity contribution < 1.29 is 19.6 Å². The second-order valence-electron chi connectivity index (χ2n) is 4.97. The number of carboxylic acid groups (broad SMARTS) is 1. The fourth-order valence-corrected chi connectivity index (χ4v) is 2.57. The average Bonchev–Trinajstić information content (AvgIpc) is 2.46. The lowest BCUT2D eigenvalue weighted by Gasteiger charge is -2.37. The van der Waals surface area contributed by atoms with E-state index in [2.05, 4.69) is 11.8 Å². The molecule has 114 valence electrons. The number of ether oxygens (including phenoxy) is 1. The van der Waals surface area contributed by atoms with Gasteiger partial charge in [0.05, 0.1) is 30.6 Å². The molecule has 0 spiro atoms. The number of hydrogen-bond acceptors (Lipinski definition) is 5. The highest BCUT2D eigenvalue weighted by atomic mass is 16.6. The van der Waals surface area contributed by atoms with E-state index in [9.17, 15) is 14.9 Å². The number of nitro benzene ring substituents is 1. The van der Waals surface area contributed by atoms with Crippen molar-refractivity contribution in [1.82, 2.24) is 0 Å². The van der Waals surface area contributed by atoms with Crippen LogP contribution in [0.25, 0.3) is 0 Å². The van der Waals surface area contributed by atoms with Crippen LogP contribution in [0, 0.1) is 10.1 Å². The van der Waals surface area contributed by atoms with E-state index in [0.717, 1.165) is 12.1 Å². The van der Waals surface area contributed by atoms with E-state index in [1.54, 1.807) is 12.1 Å². The van der Waals surface area contributed by atoms with Crippen LogP contribution in [-0.2, 0) is 16.0 Å². The predicted octanol–water partition coefficient (Wildman–Crippen LogP) is 1.84. The number of anilines is 1. The van der Waals surface area contributed by atoms with E-state index in [-0.39, 0.29) is 23.7 Å². The lowest BCUT2D eigenvalue weighted by atomic mass is 10.1. The van der Waals surface area contributed by atoms with Crippen molar-refractivity contribution in [2.24, 2.45) is 0 Å². The molecule has 1 heterocycles. The first-order chi connectivity index (χ1) is 10.0. The largest absolute Gasteiger partial charge is 0.481 e. The molecule has 0 unspecified atom stereocenters. The molecule has 7 nitrogen and oxygen atoms in total. The smallest absolute Gasteiger partial charge is 0.308 e. The summed E-state index contributed by atoms with van der Waals surface area (Å²) in [5.41, 5.74) is 0.890. The second-order valence-corrected chi connectivity index (χ2v) is 4.97. The van der Waals surface area contributed by atoms with Gasteiger partial charge in [-0.15, -0.1) is 0 Å². The third-order valence-corrected chi connectivity index (χ3v) is 3.63. The summed E-state index contributed by atoms with van der Waals surface area (Å²) in [6, 6.07) is 4.88. The second kappa shape index (κ2) is 6.53. The minimum atomic E-state index is -1.08. The molecule has 7 heteroatoms. The van der Waals surface area contributed by atoms with Gasteiger partial charge in [0.15, 0.2) is 0 Å². The topological polar surface area (TPSA) is 92.9 Å². The highest BCUT2D eigenvalue weighted by Gasteiger charge is 2.24. The Labute approximate surface area is 122 Å². The molecule has 0 amide bonds. The first-order valence-corrected chi connectivity index (χ1v) is 6.86. The van der Waals surface area contributed by atoms with Crippen molar-refractivity contribution in [2.45, 2.75) is 25.8 Å². The Bertz CT molecular complexity index is 546. The van der Waals surface area contributed by atoms with Gasteiger partial charge in [-0.3, -0.25) is 14.9 Å². The molecule has 1 atom stereocenters. The minimum Gasteiger partial charge on any atom is -0.481 e. The van der Waals surface area contributed by atoms with Crippen LogP contribution >= 0.6 is 0 Å². The van der Waals surface area contributed by atoms with Crippen molar-refractivity contribution in [3.8, 4) is 0 Å². The highest BCUT2D eigenvalue weighted by Crippen LogP contribution is 2.28. The number of hydrogen-bond donors (Lipinski definition) is 1. The highest BCUT2D eigenvalue weighted by molar-refractivity contribution is 5.73. The molecule has 0 radical (unpaired) electrons. The maximum Gasteiger partial charge on any atom is 0.308 e. The predicted molar refractivity (Wildman–Crippen MR) is 76.7 cm³/mol. The van der Waals surface area contributed by atoms with E-state index in [0.29, 0.717) is 19.8 Å². The Hall–Kier alpha value is -2.15. The van der Waals surface area contributed by atoms with Crippen LogP contribution < -0.4 is 4.90 Å². The number of morpholine rings is 1. The van der Waals surface area contributed by atoms with Crippen LogP contribution in [0.1, 0.15) is 18.9 Å². The molecule has 1 aliphatic rings. The van der Waals surface area contributed by atoms with Crippen LogP contribution in [0.2, 0.25) is 0 Å². The summed E-state index contributed by atoms with van der Waals surface area (Å²) in [5, 5.41) is 19.9. The number of rotatable bonds is 5. The first-order valence-electron chi connectivity index (χ1n) is 6.86. The summed E-state index contributed by atoms with van der Waals surface area (Å²) in [6.45, 7) is 3.96. The lowest BCUT2D eigenvalue weighted by molar-refractivity contribution is -0.385. The number of aliphatic carboxylic acids is 1. The molecule has 1 saturated heterocycles. The zero-order valence-corrected chi connectivity index (χ0v) is 11.8. The zero-order chi connectivity index (χ0) is 15.4. The number of nitro groups is 1. The third-order valence-electron chi connectivity index (χ3n) is 3.63. The molecular formula is C14H18N2O5. The van der Waals surface area contributed by atoms with E-state index < -0.39 is 10.9 Å². The summed E-state index contributed by atoms with van der Waals surface area (Å²) >= 11 is 0. The third kappa shape index (κ3) is 3.49. The number of carbonyl (C=O) groups is 1. The van der Waals surface area contributed by atoms with Gasteiger partial charge < -0.3 is 14.7 Å². The molecule has 0 aromatic heterocycles. The molecule has 0 bridgehead atoms. The molecule has 2 rings (SSSR count). The fourth-order valence-electron chi connectivity index (χ4n) is 2.57. The summed E-state index contributed by atoms with van der Waals surface area (Å²) in [6.07, 6.45) is 0.538. The number of carboxylic acids is 1. The van der Waals surface area contributed by atoms with Gasteiger partial charge in [0.2, 0.25) is 0 Å². The number of benzene rings is 1. The van der Waals surface area contributed by atoms with Crippen molar-refractivity contribution in [1.29, 1.82) is 0 Å². The molecule has 21 heavy (non-hydrogen) atoms.